The fourth-order valence-electron chi connectivity index (χ4n) is 2.62. The number of hydrogen-bond donors (Lipinski definition) is 1. The van der Waals surface area contributed by atoms with Crippen molar-refractivity contribution in [2.24, 2.45) is 16.6 Å². The third-order valence-corrected chi connectivity index (χ3v) is 4.20. The number of carbonyl (C=O) groups excluding carboxylic acids is 1. The molecule has 6 heteroatoms. The molecule has 0 spiro atoms. The van der Waals surface area contributed by atoms with Crippen LogP contribution in [0.2, 0.25) is 0 Å². The summed E-state index contributed by atoms with van der Waals surface area (Å²) < 4.78 is 9.98. The molecule has 23 heavy (non-hydrogen) atoms. The first-order valence-electron chi connectivity index (χ1n) is 7.85. The van der Waals surface area contributed by atoms with Crippen LogP contribution in [0.3, 0.4) is 0 Å². The molecule has 1 heterocycles. The fraction of sp³-hybridized carbons (Fsp3) is 0.529. The Morgan fingerprint density at radius 3 is 2.65 bits per heavy atom. The Hall–Kier alpha value is -2.24. The van der Waals surface area contributed by atoms with Crippen LogP contribution in [0.25, 0.3) is 0 Å². The van der Waals surface area contributed by atoms with E-state index in [1.807, 2.05) is 6.07 Å². The summed E-state index contributed by atoms with van der Waals surface area (Å²) in [6.07, 6.45) is 2.30. The normalized spacial score (nSPS) is 16.3. The zero-order valence-electron chi connectivity index (χ0n) is 14.0. The number of guanidine groups is 1. The largest absolute Gasteiger partial charge is 0.496 e. The summed E-state index contributed by atoms with van der Waals surface area (Å²) in [7, 11) is 2.87. The van der Waals surface area contributed by atoms with Gasteiger partial charge in [0.05, 0.1) is 20.8 Å². The molecule has 0 amide bonds. The summed E-state index contributed by atoms with van der Waals surface area (Å²) in [6.45, 7) is 4.64. The van der Waals surface area contributed by atoms with Crippen LogP contribution >= 0.6 is 0 Å². The van der Waals surface area contributed by atoms with Gasteiger partial charge in [0.25, 0.3) is 0 Å². The number of nitrogens with two attached hydrogens (primary N) is 1. The minimum Gasteiger partial charge on any atom is -0.496 e. The lowest BCUT2D eigenvalue weighted by atomic mass is 10.00. The molecular formula is C17H25N3O3. The predicted octanol–water partition coefficient (Wildman–Crippen LogP) is 2.03. The van der Waals surface area contributed by atoms with Crippen LogP contribution in [0.15, 0.2) is 23.2 Å². The lowest BCUT2D eigenvalue weighted by Crippen LogP contribution is -2.42. The summed E-state index contributed by atoms with van der Waals surface area (Å²) in [5.41, 5.74) is 7.42. The Labute approximate surface area is 137 Å². The van der Waals surface area contributed by atoms with Gasteiger partial charge in [-0.3, -0.25) is 0 Å². The van der Waals surface area contributed by atoms with Crippen LogP contribution in [0, 0.1) is 5.92 Å². The number of methoxy groups -OCH3 is 2. The van der Waals surface area contributed by atoms with E-state index >= 15 is 0 Å². The Balaban J connectivity index is 2.05. The molecule has 1 saturated heterocycles. The van der Waals surface area contributed by atoms with Crippen molar-refractivity contribution in [1.29, 1.82) is 0 Å². The Bertz CT molecular complexity index is 578. The highest BCUT2D eigenvalue weighted by atomic mass is 16.5. The van der Waals surface area contributed by atoms with Crippen LogP contribution in [-0.2, 0) is 11.3 Å². The predicted molar refractivity (Wildman–Crippen MR) is 89.6 cm³/mol. The maximum absolute atomic E-state index is 11.6. The number of rotatable bonds is 4. The molecule has 6 nitrogen and oxygen atoms in total. The van der Waals surface area contributed by atoms with Gasteiger partial charge in [-0.05, 0) is 36.5 Å². The lowest BCUT2D eigenvalue weighted by molar-refractivity contribution is 0.0597. The van der Waals surface area contributed by atoms with Gasteiger partial charge in [-0.1, -0.05) is 13.0 Å². The van der Waals surface area contributed by atoms with Gasteiger partial charge in [-0.2, -0.15) is 0 Å². The first-order valence-corrected chi connectivity index (χ1v) is 7.85. The van der Waals surface area contributed by atoms with Crippen molar-refractivity contribution in [2.75, 3.05) is 27.3 Å². The van der Waals surface area contributed by atoms with Gasteiger partial charge in [0.15, 0.2) is 5.96 Å². The number of nitrogens with zero attached hydrogens (tertiary/aromatic N) is 2. The molecule has 1 aromatic carbocycles. The van der Waals surface area contributed by atoms with E-state index in [0.29, 0.717) is 23.8 Å². The van der Waals surface area contributed by atoms with Gasteiger partial charge in [0, 0.05) is 13.1 Å². The first kappa shape index (κ1) is 17.1. The second kappa shape index (κ2) is 7.85. The summed E-state index contributed by atoms with van der Waals surface area (Å²) in [6, 6.07) is 5.32. The molecule has 0 unspecified atom stereocenters. The third-order valence-electron chi connectivity index (χ3n) is 4.20. The average Bonchev–Trinajstić information content (AvgIpc) is 2.59. The Kier molecular flexibility index (Phi) is 5.84. The summed E-state index contributed by atoms with van der Waals surface area (Å²) >= 11 is 0. The minimum absolute atomic E-state index is 0.403. The summed E-state index contributed by atoms with van der Waals surface area (Å²) in [5, 5.41) is 0. The highest BCUT2D eigenvalue weighted by Crippen LogP contribution is 2.22. The number of esters is 1. The number of ether oxygens (including phenoxy) is 2. The van der Waals surface area contributed by atoms with Gasteiger partial charge in [0.1, 0.15) is 11.3 Å². The molecule has 2 rings (SSSR count). The molecule has 0 aromatic heterocycles. The van der Waals surface area contributed by atoms with Crippen molar-refractivity contribution in [1.82, 2.24) is 4.90 Å². The van der Waals surface area contributed by atoms with E-state index in [4.69, 9.17) is 15.2 Å². The van der Waals surface area contributed by atoms with E-state index in [0.717, 1.165) is 37.4 Å². The number of piperidine rings is 1. The van der Waals surface area contributed by atoms with E-state index in [-0.39, 0.29) is 0 Å². The van der Waals surface area contributed by atoms with E-state index in [2.05, 4.69) is 16.8 Å². The van der Waals surface area contributed by atoms with Gasteiger partial charge in [0.2, 0.25) is 0 Å². The second-order valence-corrected chi connectivity index (χ2v) is 5.87. The van der Waals surface area contributed by atoms with Crippen molar-refractivity contribution in [3.8, 4) is 5.75 Å². The van der Waals surface area contributed by atoms with Crippen molar-refractivity contribution < 1.29 is 14.3 Å². The average molecular weight is 319 g/mol. The van der Waals surface area contributed by atoms with E-state index in [9.17, 15) is 4.79 Å². The van der Waals surface area contributed by atoms with Crippen molar-refractivity contribution in [2.45, 2.75) is 26.3 Å². The highest BCUT2D eigenvalue weighted by molar-refractivity contribution is 5.92. The number of benzene rings is 1. The standard InChI is InChI=1S/C17H25N3O3/c1-12-6-8-20(9-7-12)17(18)19-11-13-4-5-14(16(21)23-3)15(10-13)22-2/h4-5,10,12H,6-9,11H2,1-3H3,(H2,18,19). The molecule has 0 aliphatic carbocycles. The second-order valence-electron chi connectivity index (χ2n) is 5.87. The molecule has 0 saturated carbocycles. The van der Waals surface area contributed by atoms with Crippen LogP contribution in [0.1, 0.15) is 35.7 Å². The topological polar surface area (TPSA) is 77.1 Å². The molecule has 1 aliphatic rings. The number of hydrogen-bond acceptors (Lipinski definition) is 4. The van der Waals surface area contributed by atoms with Gasteiger partial charge < -0.3 is 20.1 Å². The highest BCUT2D eigenvalue weighted by Gasteiger charge is 2.17. The monoisotopic (exact) mass is 319 g/mol. The SMILES string of the molecule is COC(=O)c1ccc(CN=C(N)N2CCC(C)CC2)cc1OC. The molecule has 1 fully saturated rings. The van der Waals surface area contributed by atoms with Crippen molar-refractivity contribution in [3.63, 3.8) is 0 Å². The maximum Gasteiger partial charge on any atom is 0.341 e. The molecule has 0 bridgehead atoms. The number of likely N-dealkylation sites (tertiary alicyclic amines) is 1. The van der Waals surface area contributed by atoms with Crippen LogP contribution < -0.4 is 10.5 Å². The van der Waals surface area contributed by atoms with Crippen molar-refractivity contribution >= 4 is 11.9 Å². The zero-order valence-corrected chi connectivity index (χ0v) is 14.0. The summed E-state index contributed by atoms with van der Waals surface area (Å²) in [5.74, 6) is 1.40. The number of aliphatic imine (C=N–C) groups is 1. The van der Waals surface area contributed by atoms with Gasteiger partial charge in [-0.25, -0.2) is 9.79 Å². The quantitative estimate of drug-likeness (QED) is 0.522. The zero-order chi connectivity index (χ0) is 16.8. The summed E-state index contributed by atoms with van der Waals surface area (Å²) in [4.78, 5) is 18.2. The molecule has 2 N–H and O–H groups in total. The van der Waals surface area contributed by atoms with E-state index < -0.39 is 5.97 Å². The van der Waals surface area contributed by atoms with Crippen LogP contribution in [0.4, 0.5) is 0 Å². The molecule has 0 atom stereocenters. The Morgan fingerprint density at radius 1 is 1.35 bits per heavy atom. The first-order chi connectivity index (χ1) is 11.0. The molecule has 1 aliphatic heterocycles. The Morgan fingerprint density at radius 2 is 2.04 bits per heavy atom. The van der Waals surface area contributed by atoms with Gasteiger partial charge in [-0.15, -0.1) is 0 Å². The van der Waals surface area contributed by atoms with E-state index in [1.54, 1.807) is 12.1 Å². The number of carbonyl (C=O) groups is 1. The molecule has 126 valence electrons. The smallest absolute Gasteiger partial charge is 0.341 e. The van der Waals surface area contributed by atoms with Crippen LogP contribution in [0.5, 0.6) is 5.75 Å². The van der Waals surface area contributed by atoms with Gasteiger partial charge >= 0.3 is 5.97 Å². The molecule has 0 radical (unpaired) electrons. The minimum atomic E-state index is -0.418. The maximum atomic E-state index is 11.6. The molecule has 1 aromatic rings. The fourth-order valence-corrected chi connectivity index (χ4v) is 2.62. The molecular weight excluding hydrogens is 294 g/mol. The van der Waals surface area contributed by atoms with E-state index in [1.165, 1.54) is 14.2 Å². The third kappa shape index (κ3) is 4.37. The lowest BCUT2D eigenvalue weighted by Gasteiger charge is -2.31. The van der Waals surface area contributed by atoms with Crippen molar-refractivity contribution in [3.05, 3.63) is 29.3 Å². The van der Waals surface area contributed by atoms with Crippen LogP contribution in [-0.4, -0.2) is 44.1 Å².